The van der Waals surface area contributed by atoms with Gasteiger partial charge < -0.3 is 5.32 Å². The molecule has 0 aliphatic carbocycles. The maximum Gasteiger partial charge on any atom is 0.243 e. The van der Waals surface area contributed by atoms with Gasteiger partial charge in [0.2, 0.25) is 15.9 Å². The zero-order valence-electron chi connectivity index (χ0n) is 15.9. The standard InChI is InChI=1S/C21H20Cl2N2O3S/c1-14(25(29(2,27)28)18-9-10-19(22)20(23)12-18)21(26)24-13-15-7-8-16-5-3-4-6-17(16)11-15/h3-12,14H,13H2,1-2H3,(H,24,26)/t14-/m0/s1. The van der Waals surface area contributed by atoms with E-state index in [0.717, 1.165) is 26.9 Å². The maximum atomic E-state index is 12.7. The molecular formula is C21H20Cl2N2O3S. The van der Waals surface area contributed by atoms with Crippen LogP contribution in [0.1, 0.15) is 12.5 Å². The Morgan fingerprint density at radius 3 is 2.34 bits per heavy atom. The third kappa shape index (κ3) is 5.01. The molecule has 1 N–H and O–H groups in total. The van der Waals surface area contributed by atoms with Crippen molar-refractivity contribution in [2.24, 2.45) is 0 Å². The fourth-order valence-electron chi connectivity index (χ4n) is 3.12. The molecule has 0 saturated carbocycles. The number of halogens is 2. The van der Waals surface area contributed by atoms with Crippen molar-refractivity contribution in [1.29, 1.82) is 0 Å². The molecule has 0 spiro atoms. The van der Waals surface area contributed by atoms with Crippen LogP contribution in [-0.2, 0) is 21.4 Å². The average molecular weight is 451 g/mol. The number of hydrogen-bond acceptors (Lipinski definition) is 3. The van der Waals surface area contributed by atoms with Gasteiger partial charge >= 0.3 is 0 Å². The first-order chi connectivity index (χ1) is 13.7. The maximum absolute atomic E-state index is 12.7. The van der Waals surface area contributed by atoms with Crippen LogP contribution in [0.4, 0.5) is 5.69 Å². The second-order valence-electron chi connectivity index (χ2n) is 6.73. The minimum atomic E-state index is -3.73. The Bertz CT molecular complexity index is 1170. The molecule has 0 heterocycles. The minimum absolute atomic E-state index is 0.210. The summed E-state index contributed by atoms with van der Waals surface area (Å²) in [6, 6.07) is 17.3. The topological polar surface area (TPSA) is 66.5 Å². The fourth-order valence-corrected chi connectivity index (χ4v) is 4.58. The number of nitrogens with one attached hydrogen (secondary N) is 1. The molecule has 0 aliphatic rings. The number of carbonyl (C=O) groups excluding carboxylic acids is 1. The monoisotopic (exact) mass is 450 g/mol. The van der Waals surface area contributed by atoms with Gasteiger partial charge in [0.05, 0.1) is 22.0 Å². The number of hydrogen-bond donors (Lipinski definition) is 1. The number of amides is 1. The normalized spacial score (nSPS) is 12.6. The smallest absolute Gasteiger partial charge is 0.243 e. The van der Waals surface area contributed by atoms with Crippen LogP contribution in [-0.4, -0.2) is 26.6 Å². The highest BCUT2D eigenvalue weighted by molar-refractivity contribution is 7.92. The van der Waals surface area contributed by atoms with Crippen LogP contribution in [0.15, 0.2) is 60.7 Å². The number of nitrogens with zero attached hydrogens (tertiary/aromatic N) is 1. The summed E-state index contributed by atoms with van der Waals surface area (Å²) in [7, 11) is -3.73. The molecule has 3 aromatic carbocycles. The number of anilines is 1. The van der Waals surface area contributed by atoms with Gasteiger partial charge in [0.15, 0.2) is 0 Å². The molecule has 8 heteroatoms. The Hall–Kier alpha value is -2.28. The lowest BCUT2D eigenvalue weighted by atomic mass is 10.1. The lowest BCUT2D eigenvalue weighted by Gasteiger charge is -2.28. The van der Waals surface area contributed by atoms with Crippen molar-refractivity contribution in [2.45, 2.75) is 19.5 Å². The van der Waals surface area contributed by atoms with Gasteiger partial charge in [-0.25, -0.2) is 8.42 Å². The lowest BCUT2D eigenvalue weighted by molar-refractivity contribution is -0.122. The summed E-state index contributed by atoms with van der Waals surface area (Å²) in [4.78, 5) is 12.7. The van der Waals surface area contributed by atoms with Crippen molar-refractivity contribution in [2.75, 3.05) is 10.6 Å². The Balaban J connectivity index is 1.78. The molecule has 0 aliphatic heterocycles. The summed E-state index contributed by atoms with van der Waals surface area (Å²) in [5, 5.41) is 5.50. The second kappa shape index (κ2) is 8.61. The van der Waals surface area contributed by atoms with E-state index in [1.165, 1.54) is 25.1 Å². The van der Waals surface area contributed by atoms with E-state index in [0.29, 0.717) is 5.02 Å². The lowest BCUT2D eigenvalue weighted by Crippen LogP contribution is -2.47. The van der Waals surface area contributed by atoms with Crippen LogP contribution in [0.2, 0.25) is 10.0 Å². The van der Waals surface area contributed by atoms with Gasteiger partial charge in [-0.3, -0.25) is 9.10 Å². The van der Waals surface area contributed by atoms with Crippen molar-refractivity contribution in [3.63, 3.8) is 0 Å². The van der Waals surface area contributed by atoms with Crippen LogP contribution in [0, 0.1) is 0 Å². The summed E-state index contributed by atoms with van der Waals surface area (Å²) in [6.07, 6.45) is 1.04. The summed E-state index contributed by atoms with van der Waals surface area (Å²) >= 11 is 11.9. The van der Waals surface area contributed by atoms with Crippen molar-refractivity contribution in [3.05, 3.63) is 76.3 Å². The van der Waals surface area contributed by atoms with E-state index in [1.54, 1.807) is 0 Å². The van der Waals surface area contributed by atoms with Crippen molar-refractivity contribution in [1.82, 2.24) is 5.32 Å². The van der Waals surface area contributed by atoms with Crippen molar-refractivity contribution in [3.8, 4) is 0 Å². The van der Waals surface area contributed by atoms with Gasteiger partial charge in [0, 0.05) is 6.54 Å². The quantitative estimate of drug-likeness (QED) is 0.595. The number of rotatable bonds is 6. The van der Waals surface area contributed by atoms with Crippen LogP contribution in [0.5, 0.6) is 0 Å². The van der Waals surface area contributed by atoms with Crippen LogP contribution in [0.25, 0.3) is 10.8 Å². The molecule has 3 aromatic rings. The first-order valence-electron chi connectivity index (χ1n) is 8.86. The van der Waals surface area contributed by atoms with Crippen LogP contribution >= 0.6 is 23.2 Å². The van der Waals surface area contributed by atoms with Gasteiger partial charge in [-0.15, -0.1) is 0 Å². The van der Waals surface area contributed by atoms with Crippen LogP contribution in [0.3, 0.4) is 0 Å². The molecular weight excluding hydrogens is 431 g/mol. The first kappa shape index (κ1) is 21.4. The molecule has 0 saturated heterocycles. The second-order valence-corrected chi connectivity index (χ2v) is 9.41. The van der Waals surface area contributed by atoms with Gasteiger partial charge in [-0.05, 0) is 47.5 Å². The Kier molecular flexibility index (Phi) is 6.36. The molecule has 5 nitrogen and oxygen atoms in total. The Morgan fingerprint density at radius 2 is 1.69 bits per heavy atom. The minimum Gasteiger partial charge on any atom is -0.350 e. The van der Waals surface area contributed by atoms with E-state index in [-0.39, 0.29) is 17.3 Å². The largest absolute Gasteiger partial charge is 0.350 e. The predicted molar refractivity (Wildman–Crippen MR) is 119 cm³/mol. The van der Waals surface area contributed by atoms with Gasteiger partial charge in [-0.2, -0.15) is 0 Å². The van der Waals surface area contributed by atoms with Gasteiger partial charge in [0.25, 0.3) is 0 Å². The molecule has 29 heavy (non-hydrogen) atoms. The molecule has 0 bridgehead atoms. The molecule has 0 aromatic heterocycles. The van der Waals surface area contributed by atoms with Crippen molar-refractivity contribution < 1.29 is 13.2 Å². The van der Waals surface area contributed by atoms with E-state index in [1.807, 2.05) is 42.5 Å². The fraction of sp³-hybridized carbons (Fsp3) is 0.190. The molecule has 1 amide bonds. The van der Waals surface area contributed by atoms with E-state index >= 15 is 0 Å². The highest BCUT2D eigenvalue weighted by Gasteiger charge is 2.29. The zero-order chi connectivity index (χ0) is 21.2. The van der Waals surface area contributed by atoms with E-state index < -0.39 is 22.0 Å². The van der Waals surface area contributed by atoms with E-state index in [2.05, 4.69) is 5.32 Å². The number of fused-ring (bicyclic) bond motifs is 1. The molecule has 152 valence electrons. The predicted octanol–water partition coefficient (Wildman–Crippen LogP) is 4.62. The average Bonchev–Trinajstić information content (AvgIpc) is 2.67. The number of sulfonamides is 1. The molecule has 1 atom stereocenters. The Morgan fingerprint density at radius 1 is 1.00 bits per heavy atom. The van der Waals surface area contributed by atoms with Gasteiger partial charge in [-0.1, -0.05) is 59.6 Å². The highest BCUT2D eigenvalue weighted by Crippen LogP contribution is 2.29. The van der Waals surface area contributed by atoms with Crippen LogP contribution < -0.4 is 9.62 Å². The summed E-state index contributed by atoms with van der Waals surface area (Å²) in [5.74, 6) is -0.422. The van der Waals surface area contributed by atoms with E-state index in [9.17, 15) is 13.2 Å². The zero-order valence-corrected chi connectivity index (χ0v) is 18.2. The molecule has 0 fully saturated rings. The molecule has 0 unspecified atom stereocenters. The number of benzene rings is 3. The van der Waals surface area contributed by atoms with E-state index in [4.69, 9.17) is 23.2 Å². The molecule has 3 rings (SSSR count). The summed E-state index contributed by atoms with van der Waals surface area (Å²) in [5.41, 5.74) is 1.19. The van der Waals surface area contributed by atoms with Crippen molar-refractivity contribution >= 4 is 55.6 Å². The van der Waals surface area contributed by atoms with Gasteiger partial charge in [0.1, 0.15) is 6.04 Å². The first-order valence-corrected chi connectivity index (χ1v) is 11.5. The molecule has 0 radical (unpaired) electrons. The third-order valence-electron chi connectivity index (χ3n) is 4.53. The summed E-state index contributed by atoms with van der Waals surface area (Å²) < 4.78 is 25.8. The highest BCUT2D eigenvalue weighted by atomic mass is 35.5. The Labute approximate surface area is 180 Å². The number of carbonyl (C=O) groups is 1. The summed E-state index contributed by atoms with van der Waals surface area (Å²) in [6.45, 7) is 1.81. The third-order valence-corrected chi connectivity index (χ3v) is 6.51. The SMILES string of the molecule is C[C@@H](C(=O)NCc1ccc2ccccc2c1)N(c1ccc(Cl)c(Cl)c1)S(C)(=O)=O.